The number of rotatable bonds is 5. The lowest BCUT2D eigenvalue weighted by Gasteiger charge is -2.34. The Morgan fingerprint density at radius 3 is 2.74 bits per heavy atom. The van der Waals surface area contributed by atoms with Gasteiger partial charge in [-0.3, -0.25) is 9.69 Å². The van der Waals surface area contributed by atoms with Crippen molar-refractivity contribution in [3.63, 3.8) is 0 Å². The lowest BCUT2D eigenvalue weighted by molar-refractivity contribution is -0.122. The van der Waals surface area contributed by atoms with E-state index in [9.17, 15) is 15.0 Å². The molecule has 1 aliphatic heterocycles. The summed E-state index contributed by atoms with van der Waals surface area (Å²) >= 11 is 0. The highest BCUT2D eigenvalue weighted by Crippen LogP contribution is 2.34. The number of hydrogen-bond donors (Lipinski definition) is 3. The molecule has 1 heterocycles. The van der Waals surface area contributed by atoms with Crippen molar-refractivity contribution in [2.45, 2.75) is 12.5 Å². The van der Waals surface area contributed by atoms with Gasteiger partial charge in [0.05, 0.1) is 24.9 Å². The van der Waals surface area contributed by atoms with E-state index in [0.29, 0.717) is 24.4 Å². The molecule has 1 aromatic rings. The number of nitrogens with zero attached hydrogens (tertiary/aromatic N) is 1. The first-order valence-electron chi connectivity index (χ1n) is 6.20. The molecule has 1 aromatic carbocycles. The molecule has 1 aliphatic rings. The molecule has 6 nitrogen and oxygen atoms in total. The smallest absolute Gasteiger partial charge is 0.265 e. The third-order valence-corrected chi connectivity index (χ3v) is 3.12. The van der Waals surface area contributed by atoms with Crippen LogP contribution in [0.1, 0.15) is 5.56 Å². The average molecular weight is 266 g/mol. The number of benzene rings is 1. The Morgan fingerprint density at radius 1 is 1.37 bits per heavy atom. The van der Waals surface area contributed by atoms with Gasteiger partial charge in [0.1, 0.15) is 5.75 Å². The Bertz CT molecular complexity index is 460. The van der Waals surface area contributed by atoms with Crippen molar-refractivity contribution in [2.24, 2.45) is 5.73 Å². The van der Waals surface area contributed by atoms with E-state index in [1.807, 2.05) is 12.1 Å². The van der Waals surface area contributed by atoms with Crippen molar-refractivity contribution in [3.8, 4) is 5.75 Å². The molecule has 0 atom stereocenters. The second-order valence-electron chi connectivity index (χ2n) is 4.41. The number of ether oxygens (including phenoxy) is 1. The Kier molecular flexibility index (Phi) is 4.36. The fourth-order valence-corrected chi connectivity index (χ4v) is 2.16. The van der Waals surface area contributed by atoms with Crippen LogP contribution < -0.4 is 15.4 Å². The van der Waals surface area contributed by atoms with Crippen molar-refractivity contribution in [3.05, 3.63) is 23.8 Å². The van der Waals surface area contributed by atoms with Gasteiger partial charge in [0.15, 0.2) is 6.61 Å². The second kappa shape index (κ2) is 6.01. The molecule has 0 radical (unpaired) electrons. The summed E-state index contributed by atoms with van der Waals surface area (Å²) in [6, 6.07) is 4.85. The zero-order valence-electron chi connectivity index (χ0n) is 10.6. The molecule has 0 bridgehead atoms. The predicted molar refractivity (Wildman–Crippen MR) is 70.1 cm³/mol. The maximum absolute atomic E-state index is 11.9. The summed E-state index contributed by atoms with van der Waals surface area (Å²) in [7, 11) is 0. The molecule has 4 N–H and O–H groups in total. The van der Waals surface area contributed by atoms with Crippen molar-refractivity contribution in [1.29, 1.82) is 0 Å². The van der Waals surface area contributed by atoms with Gasteiger partial charge in [0.25, 0.3) is 5.91 Å². The number of anilines is 1. The zero-order valence-corrected chi connectivity index (χ0v) is 10.6. The number of fused-ring (bicyclic) bond motifs is 1. The van der Waals surface area contributed by atoms with Gasteiger partial charge in [-0.25, -0.2) is 0 Å². The molecule has 0 saturated carbocycles. The molecular formula is C13H18N2O4. The van der Waals surface area contributed by atoms with Gasteiger partial charge in [0.2, 0.25) is 0 Å². The molecular weight excluding hydrogens is 248 g/mol. The molecule has 19 heavy (non-hydrogen) atoms. The first-order valence-corrected chi connectivity index (χ1v) is 6.20. The molecule has 0 unspecified atom stereocenters. The van der Waals surface area contributed by atoms with Crippen LogP contribution in [0.2, 0.25) is 0 Å². The van der Waals surface area contributed by atoms with Gasteiger partial charge < -0.3 is 20.7 Å². The monoisotopic (exact) mass is 266 g/mol. The van der Waals surface area contributed by atoms with Crippen LogP contribution >= 0.6 is 0 Å². The van der Waals surface area contributed by atoms with E-state index >= 15 is 0 Å². The maximum atomic E-state index is 11.9. The number of nitrogens with two attached hydrogens (primary N) is 1. The third-order valence-electron chi connectivity index (χ3n) is 3.12. The lowest BCUT2D eigenvalue weighted by Crippen LogP contribution is -2.49. The minimum atomic E-state index is -0.650. The largest absolute Gasteiger partial charge is 0.482 e. The van der Waals surface area contributed by atoms with Crippen molar-refractivity contribution in [1.82, 2.24) is 0 Å². The van der Waals surface area contributed by atoms with Gasteiger partial charge in [0, 0.05) is 0 Å². The molecule has 2 rings (SSSR count). The topological polar surface area (TPSA) is 96.0 Å². The molecule has 0 aliphatic carbocycles. The Morgan fingerprint density at radius 2 is 2.11 bits per heavy atom. The minimum Gasteiger partial charge on any atom is -0.482 e. The minimum absolute atomic E-state index is 0.0836. The lowest BCUT2D eigenvalue weighted by atomic mass is 10.1. The van der Waals surface area contributed by atoms with Crippen LogP contribution in [0.5, 0.6) is 5.75 Å². The van der Waals surface area contributed by atoms with Crippen LogP contribution in [0.15, 0.2) is 18.2 Å². The quantitative estimate of drug-likeness (QED) is 0.653. The second-order valence-corrected chi connectivity index (χ2v) is 4.41. The SMILES string of the molecule is NCCc1ccc2c(c1)N(C(CO)CO)C(=O)CO2. The predicted octanol–water partition coefficient (Wildman–Crippen LogP) is -0.734. The van der Waals surface area contributed by atoms with Gasteiger partial charge >= 0.3 is 0 Å². The number of aliphatic hydroxyl groups is 2. The van der Waals surface area contributed by atoms with Crippen LogP contribution in [0.3, 0.4) is 0 Å². The van der Waals surface area contributed by atoms with Crippen LogP contribution in [0, 0.1) is 0 Å². The number of carbonyl (C=O) groups is 1. The molecule has 1 amide bonds. The summed E-state index contributed by atoms with van der Waals surface area (Å²) in [5, 5.41) is 18.6. The first-order chi connectivity index (χ1) is 9.21. The summed E-state index contributed by atoms with van der Waals surface area (Å²) in [5.41, 5.74) is 7.08. The highest BCUT2D eigenvalue weighted by atomic mass is 16.5. The van der Waals surface area contributed by atoms with E-state index in [-0.39, 0.29) is 25.7 Å². The number of amides is 1. The molecule has 0 fully saturated rings. The Labute approximate surface area is 111 Å². The maximum Gasteiger partial charge on any atom is 0.265 e. The number of hydrogen-bond acceptors (Lipinski definition) is 5. The number of aliphatic hydroxyl groups excluding tert-OH is 2. The van der Waals surface area contributed by atoms with E-state index in [0.717, 1.165) is 5.56 Å². The summed E-state index contributed by atoms with van der Waals surface area (Å²) < 4.78 is 5.35. The molecule has 6 heteroatoms. The Balaban J connectivity index is 2.40. The van der Waals surface area contributed by atoms with Crippen molar-refractivity contribution < 1.29 is 19.7 Å². The molecule has 0 aromatic heterocycles. The van der Waals surface area contributed by atoms with Gasteiger partial charge in [-0.15, -0.1) is 0 Å². The van der Waals surface area contributed by atoms with Crippen LogP contribution in [-0.4, -0.2) is 48.5 Å². The standard InChI is InChI=1S/C13H18N2O4/c14-4-3-9-1-2-12-11(5-9)15(10(6-16)7-17)13(18)8-19-12/h1-2,5,10,16-17H,3-4,6-8,14H2. The van der Waals surface area contributed by atoms with E-state index in [1.165, 1.54) is 4.90 Å². The normalized spacial score (nSPS) is 14.5. The third kappa shape index (κ3) is 2.70. The first kappa shape index (κ1) is 13.8. The molecule has 0 spiro atoms. The van der Waals surface area contributed by atoms with Crippen molar-refractivity contribution in [2.75, 3.05) is 31.3 Å². The van der Waals surface area contributed by atoms with E-state index < -0.39 is 6.04 Å². The van der Waals surface area contributed by atoms with Crippen LogP contribution in [-0.2, 0) is 11.2 Å². The molecule has 104 valence electrons. The van der Waals surface area contributed by atoms with E-state index in [4.69, 9.17) is 10.5 Å². The van der Waals surface area contributed by atoms with Gasteiger partial charge in [-0.05, 0) is 30.7 Å². The highest BCUT2D eigenvalue weighted by Gasteiger charge is 2.31. The summed E-state index contributed by atoms with van der Waals surface area (Å²) in [6.45, 7) is -0.178. The van der Waals surface area contributed by atoms with Gasteiger partial charge in [-0.1, -0.05) is 6.07 Å². The van der Waals surface area contributed by atoms with Crippen molar-refractivity contribution >= 4 is 11.6 Å². The number of carbonyl (C=O) groups excluding carboxylic acids is 1. The zero-order chi connectivity index (χ0) is 13.8. The summed E-state index contributed by atoms with van der Waals surface area (Å²) in [5.74, 6) is 0.303. The summed E-state index contributed by atoms with van der Waals surface area (Å²) in [6.07, 6.45) is 0.693. The highest BCUT2D eigenvalue weighted by molar-refractivity contribution is 5.98. The van der Waals surface area contributed by atoms with E-state index in [2.05, 4.69) is 0 Å². The fraction of sp³-hybridized carbons (Fsp3) is 0.462. The molecule has 0 saturated heterocycles. The van der Waals surface area contributed by atoms with Crippen LogP contribution in [0.25, 0.3) is 0 Å². The van der Waals surface area contributed by atoms with Crippen LogP contribution in [0.4, 0.5) is 5.69 Å². The Hall–Kier alpha value is -1.63. The van der Waals surface area contributed by atoms with Gasteiger partial charge in [-0.2, -0.15) is 0 Å². The fourth-order valence-electron chi connectivity index (χ4n) is 2.16. The van der Waals surface area contributed by atoms with E-state index in [1.54, 1.807) is 6.07 Å². The average Bonchev–Trinajstić information content (AvgIpc) is 2.43. The summed E-state index contributed by atoms with van der Waals surface area (Å²) in [4.78, 5) is 13.3.